The van der Waals surface area contributed by atoms with Gasteiger partial charge in [-0.3, -0.25) is 9.78 Å². The number of aliphatic hydroxyl groups is 1. The van der Waals surface area contributed by atoms with E-state index in [0.717, 1.165) is 27.6 Å². The molecule has 0 aliphatic rings. The van der Waals surface area contributed by atoms with Crippen LogP contribution in [0.2, 0.25) is 0 Å². The molecule has 1 unspecified atom stereocenters. The molecule has 0 spiro atoms. The minimum Gasteiger partial charge on any atom is -0.388 e. The summed E-state index contributed by atoms with van der Waals surface area (Å²) in [7, 11) is 0. The van der Waals surface area contributed by atoms with Crippen LogP contribution in [0.5, 0.6) is 0 Å². The highest BCUT2D eigenvalue weighted by Crippen LogP contribution is 2.26. The fourth-order valence-electron chi connectivity index (χ4n) is 2.62. The van der Waals surface area contributed by atoms with Crippen LogP contribution in [0.4, 0.5) is 5.82 Å². The summed E-state index contributed by atoms with van der Waals surface area (Å²) in [5, 5.41) is 14.2. The smallest absolute Gasteiger partial charge is 0.212 e. The van der Waals surface area contributed by atoms with Crippen molar-refractivity contribution in [1.29, 1.82) is 0 Å². The number of nitrogens with zero attached hydrogens (tertiary/aromatic N) is 2. The standard InChI is InChI=1S/C20H23N3O2.2C2H6/c1-5-17(13(3)7-14(4)19(25)6-2)18-8-15-11-22-20(23-12-24)9-16(15)10-21-18;2*1-2/h5,7-12,19,25H,4,6H2,1-3H3,(H,22,23,24);2*1-2H3/b13-7-,17-5+;;. The van der Waals surface area contributed by atoms with E-state index in [1.165, 1.54) is 0 Å². The van der Waals surface area contributed by atoms with E-state index in [2.05, 4.69) is 21.9 Å². The molecular formula is C24H35N3O2. The van der Waals surface area contributed by atoms with E-state index < -0.39 is 6.10 Å². The minimum atomic E-state index is -0.537. The zero-order chi connectivity index (χ0) is 22.4. The average molecular weight is 398 g/mol. The van der Waals surface area contributed by atoms with Gasteiger partial charge in [-0.1, -0.05) is 53.3 Å². The molecule has 0 saturated carbocycles. The number of hydrogen-bond acceptors (Lipinski definition) is 4. The molecule has 0 aliphatic carbocycles. The molecule has 1 amide bonds. The molecule has 0 fully saturated rings. The van der Waals surface area contributed by atoms with Gasteiger partial charge in [-0.2, -0.15) is 0 Å². The highest BCUT2D eigenvalue weighted by atomic mass is 16.3. The number of carbonyl (C=O) groups is 1. The van der Waals surface area contributed by atoms with E-state index in [1.54, 1.807) is 18.5 Å². The van der Waals surface area contributed by atoms with E-state index in [1.807, 2.05) is 66.7 Å². The maximum absolute atomic E-state index is 10.5. The van der Waals surface area contributed by atoms with Gasteiger partial charge in [0.15, 0.2) is 0 Å². The van der Waals surface area contributed by atoms with Gasteiger partial charge in [-0.05, 0) is 49.1 Å². The van der Waals surface area contributed by atoms with Crippen LogP contribution in [-0.2, 0) is 4.79 Å². The average Bonchev–Trinajstić information content (AvgIpc) is 2.76. The Morgan fingerprint density at radius 3 is 2.31 bits per heavy atom. The summed E-state index contributed by atoms with van der Waals surface area (Å²) in [6.45, 7) is 17.8. The van der Waals surface area contributed by atoms with Gasteiger partial charge in [0.05, 0.1) is 11.8 Å². The number of fused-ring (bicyclic) bond motifs is 1. The SMILES string of the molecule is C=C(/C=C(C)\C(=C/C)c1cc2cnc(NC=O)cc2cn1)C(O)CC.CC.CC. The van der Waals surface area contributed by atoms with Gasteiger partial charge in [0.2, 0.25) is 6.41 Å². The topological polar surface area (TPSA) is 75.1 Å². The van der Waals surface area contributed by atoms with Crippen molar-refractivity contribution >= 4 is 28.6 Å². The lowest BCUT2D eigenvalue weighted by atomic mass is 9.98. The van der Waals surface area contributed by atoms with Gasteiger partial charge in [-0.15, -0.1) is 0 Å². The molecule has 29 heavy (non-hydrogen) atoms. The Morgan fingerprint density at radius 1 is 1.17 bits per heavy atom. The van der Waals surface area contributed by atoms with Crippen molar-refractivity contribution in [2.24, 2.45) is 0 Å². The normalized spacial score (nSPS) is 12.1. The lowest BCUT2D eigenvalue weighted by molar-refractivity contribution is -0.105. The predicted octanol–water partition coefficient (Wildman–Crippen LogP) is 5.93. The largest absolute Gasteiger partial charge is 0.388 e. The Morgan fingerprint density at radius 2 is 1.76 bits per heavy atom. The number of pyridine rings is 2. The van der Waals surface area contributed by atoms with E-state index >= 15 is 0 Å². The highest BCUT2D eigenvalue weighted by molar-refractivity contribution is 5.89. The monoisotopic (exact) mass is 397 g/mol. The van der Waals surface area contributed by atoms with Crippen molar-refractivity contribution in [2.75, 3.05) is 5.32 Å². The summed E-state index contributed by atoms with van der Waals surface area (Å²) in [6, 6.07) is 3.73. The molecule has 2 heterocycles. The molecule has 2 aromatic heterocycles. The zero-order valence-electron chi connectivity index (χ0n) is 18.8. The summed E-state index contributed by atoms with van der Waals surface area (Å²) < 4.78 is 0. The third-order valence-electron chi connectivity index (χ3n) is 4.02. The number of nitrogens with one attached hydrogen (secondary N) is 1. The molecule has 1 atom stereocenters. The molecule has 0 radical (unpaired) electrons. The first-order valence-corrected chi connectivity index (χ1v) is 10.2. The van der Waals surface area contributed by atoms with Crippen LogP contribution in [0.1, 0.15) is 60.6 Å². The molecule has 0 bridgehead atoms. The minimum absolute atomic E-state index is 0.490. The summed E-state index contributed by atoms with van der Waals surface area (Å²) in [5.41, 5.74) is 3.47. The number of aromatic nitrogens is 2. The van der Waals surface area contributed by atoms with Crippen molar-refractivity contribution in [3.05, 3.63) is 60.1 Å². The molecule has 0 aromatic carbocycles. The molecule has 5 nitrogen and oxygen atoms in total. The number of amides is 1. The molecule has 0 saturated heterocycles. The molecule has 158 valence electrons. The van der Waals surface area contributed by atoms with Crippen molar-refractivity contribution in [2.45, 2.75) is 61.0 Å². The fourth-order valence-corrected chi connectivity index (χ4v) is 2.62. The number of anilines is 1. The number of allylic oxidation sites excluding steroid dienone is 3. The van der Waals surface area contributed by atoms with Crippen LogP contribution in [0.25, 0.3) is 16.3 Å². The number of rotatable bonds is 7. The third kappa shape index (κ3) is 7.62. The molecule has 0 aliphatic heterocycles. The van der Waals surface area contributed by atoms with Gasteiger partial charge in [-0.25, -0.2) is 4.98 Å². The second-order valence-corrected chi connectivity index (χ2v) is 5.78. The van der Waals surface area contributed by atoms with Crippen LogP contribution in [0.3, 0.4) is 0 Å². The van der Waals surface area contributed by atoms with Crippen molar-refractivity contribution in [1.82, 2.24) is 9.97 Å². The van der Waals surface area contributed by atoms with Gasteiger partial charge in [0.1, 0.15) is 5.82 Å². The van der Waals surface area contributed by atoms with Crippen molar-refractivity contribution < 1.29 is 9.90 Å². The maximum atomic E-state index is 10.5. The van der Waals surface area contributed by atoms with Crippen LogP contribution in [0.15, 0.2) is 54.4 Å². The molecule has 2 N–H and O–H groups in total. The maximum Gasteiger partial charge on any atom is 0.212 e. The first kappa shape index (κ1) is 26.2. The molecule has 2 rings (SSSR count). The van der Waals surface area contributed by atoms with E-state index in [-0.39, 0.29) is 0 Å². The summed E-state index contributed by atoms with van der Waals surface area (Å²) >= 11 is 0. The lowest BCUT2D eigenvalue weighted by Crippen LogP contribution is -2.06. The summed E-state index contributed by atoms with van der Waals surface area (Å²) in [4.78, 5) is 19.2. The van der Waals surface area contributed by atoms with Gasteiger partial charge in [0.25, 0.3) is 0 Å². The van der Waals surface area contributed by atoms with Gasteiger partial charge >= 0.3 is 0 Å². The molecule has 2 aromatic rings. The van der Waals surface area contributed by atoms with Crippen LogP contribution < -0.4 is 5.32 Å². The fraction of sp³-hybridized carbons (Fsp3) is 0.375. The first-order chi connectivity index (χ1) is 14.0. The Bertz CT molecular complexity index is 854. The second kappa shape index (κ2) is 14.2. The third-order valence-corrected chi connectivity index (χ3v) is 4.02. The van der Waals surface area contributed by atoms with Gasteiger partial charge < -0.3 is 10.4 Å². The van der Waals surface area contributed by atoms with Crippen LogP contribution in [0, 0.1) is 0 Å². The first-order valence-electron chi connectivity index (χ1n) is 10.2. The van der Waals surface area contributed by atoms with Crippen molar-refractivity contribution in [3.63, 3.8) is 0 Å². The lowest BCUT2D eigenvalue weighted by Gasteiger charge is -2.12. The Kier molecular flexibility index (Phi) is 12.9. The molecular weight excluding hydrogens is 362 g/mol. The van der Waals surface area contributed by atoms with E-state index in [4.69, 9.17) is 0 Å². The predicted molar refractivity (Wildman–Crippen MR) is 125 cm³/mol. The molecule has 5 heteroatoms. The number of aliphatic hydroxyl groups excluding tert-OH is 1. The second-order valence-electron chi connectivity index (χ2n) is 5.78. The Labute approximate surface area is 175 Å². The zero-order valence-corrected chi connectivity index (χ0v) is 18.8. The van der Waals surface area contributed by atoms with E-state index in [0.29, 0.717) is 24.2 Å². The Hall–Kier alpha value is -2.79. The number of hydrogen-bond donors (Lipinski definition) is 2. The van der Waals surface area contributed by atoms with Crippen molar-refractivity contribution in [3.8, 4) is 0 Å². The number of carbonyl (C=O) groups excluding carboxylic acids is 1. The van der Waals surface area contributed by atoms with E-state index in [9.17, 15) is 9.90 Å². The Balaban J connectivity index is 0.00000184. The summed E-state index contributed by atoms with van der Waals surface area (Å²) in [6.07, 6.45) is 8.04. The van der Waals surface area contributed by atoms with Gasteiger partial charge in [0, 0.05) is 23.2 Å². The highest BCUT2D eigenvalue weighted by Gasteiger charge is 2.09. The summed E-state index contributed by atoms with van der Waals surface area (Å²) in [5.74, 6) is 0.490. The van der Waals surface area contributed by atoms with Crippen LogP contribution >= 0.6 is 0 Å². The van der Waals surface area contributed by atoms with Crippen LogP contribution in [-0.4, -0.2) is 27.6 Å². The quantitative estimate of drug-likeness (QED) is 0.449.